The van der Waals surface area contributed by atoms with Crippen molar-refractivity contribution in [2.75, 3.05) is 6.54 Å². The monoisotopic (exact) mass is 242 g/mol. The molecule has 1 aliphatic rings. The van der Waals surface area contributed by atoms with Crippen molar-refractivity contribution in [3.63, 3.8) is 0 Å². The lowest BCUT2D eigenvalue weighted by molar-refractivity contribution is 0.440. The van der Waals surface area contributed by atoms with Gasteiger partial charge in [-0.15, -0.1) is 0 Å². The van der Waals surface area contributed by atoms with E-state index in [2.05, 4.69) is 11.7 Å². The maximum Gasteiger partial charge on any atom is 0.0595 e. The van der Waals surface area contributed by atoms with Gasteiger partial charge in [0.25, 0.3) is 0 Å². The number of nitrogens with one attached hydrogen (secondary N) is 1. The summed E-state index contributed by atoms with van der Waals surface area (Å²) in [6.07, 6.45) is 6.02. The number of hydrogen-bond donors (Lipinski definition) is 1. The average molecular weight is 243 g/mol. The molecule has 15 heavy (non-hydrogen) atoms. The molecule has 1 aromatic rings. The number of rotatable bonds is 2. The van der Waals surface area contributed by atoms with E-state index < -0.39 is 0 Å². The molecule has 81 valence electrons. The second-order valence-electron chi connectivity index (χ2n) is 3.90. The minimum atomic E-state index is 0.482. The van der Waals surface area contributed by atoms with Gasteiger partial charge in [-0.2, -0.15) is 0 Å². The molecule has 1 nitrogen and oxygen atoms in total. The normalized spacial score (nSPS) is 21.6. The third kappa shape index (κ3) is 3.10. The molecule has 0 aliphatic carbocycles. The van der Waals surface area contributed by atoms with Gasteiger partial charge in [0.1, 0.15) is 0 Å². The van der Waals surface area contributed by atoms with Crippen LogP contribution in [-0.2, 0) is 0 Å². The van der Waals surface area contributed by atoms with Crippen molar-refractivity contribution >= 4 is 23.2 Å². The van der Waals surface area contributed by atoms with Gasteiger partial charge in [-0.05, 0) is 37.1 Å². The Morgan fingerprint density at radius 2 is 2.07 bits per heavy atom. The van der Waals surface area contributed by atoms with Gasteiger partial charge in [-0.25, -0.2) is 0 Å². The minimum Gasteiger partial charge on any atom is -0.313 e. The minimum absolute atomic E-state index is 0.482. The molecule has 1 fully saturated rings. The van der Waals surface area contributed by atoms with E-state index in [9.17, 15) is 0 Å². The Hall–Kier alpha value is -0.240. The zero-order valence-corrected chi connectivity index (χ0v) is 9.98. The Labute approximate surface area is 101 Å². The molecule has 1 heterocycles. The fraction of sp³-hybridized carbons (Fsp3) is 0.417. The Morgan fingerprint density at radius 1 is 1.20 bits per heavy atom. The Kier molecular flexibility index (Phi) is 3.90. The van der Waals surface area contributed by atoms with Crippen LogP contribution in [0.15, 0.2) is 18.2 Å². The first-order valence-electron chi connectivity index (χ1n) is 5.29. The van der Waals surface area contributed by atoms with Crippen LogP contribution in [0.1, 0.15) is 24.8 Å². The fourth-order valence-electron chi connectivity index (χ4n) is 1.87. The lowest BCUT2D eigenvalue weighted by atomic mass is 9.98. The zero-order chi connectivity index (χ0) is 10.7. The number of hydrogen-bond acceptors (Lipinski definition) is 1. The van der Waals surface area contributed by atoms with Crippen molar-refractivity contribution in [1.29, 1.82) is 0 Å². The van der Waals surface area contributed by atoms with Crippen molar-refractivity contribution in [3.05, 3.63) is 40.2 Å². The molecule has 0 spiro atoms. The van der Waals surface area contributed by atoms with Crippen LogP contribution >= 0.6 is 23.2 Å². The van der Waals surface area contributed by atoms with Crippen molar-refractivity contribution in [2.45, 2.75) is 25.3 Å². The van der Waals surface area contributed by atoms with Gasteiger partial charge in [0, 0.05) is 12.5 Å². The molecule has 2 rings (SSSR count). The zero-order valence-electron chi connectivity index (χ0n) is 8.47. The van der Waals surface area contributed by atoms with Crippen LogP contribution in [0.25, 0.3) is 0 Å². The van der Waals surface area contributed by atoms with Crippen LogP contribution in [0.5, 0.6) is 0 Å². The highest BCUT2D eigenvalue weighted by Crippen LogP contribution is 2.24. The van der Waals surface area contributed by atoms with E-state index in [-0.39, 0.29) is 0 Å². The van der Waals surface area contributed by atoms with Gasteiger partial charge in [0.15, 0.2) is 0 Å². The van der Waals surface area contributed by atoms with Gasteiger partial charge in [-0.3, -0.25) is 0 Å². The molecule has 1 atom stereocenters. The first-order chi connectivity index (χ1) is 7.25. The van der Waals surface area contributed by atoms with E-state index in [1.807, 2.05) is 18.2 Å². The summed E-state index contributed by atoms with van der Waals surface area (Å²) >= 11 is 11.8. The highest BCUT2D eigenvalue weighted by atomic mass is 35.5. The molecular weight excluding hydrogens is 229 g/mol. The predicted octanol–water partition coefficient (Wildman–Crippen LogP) is 3.69. The molecule has 3 heteroatoms. The topological polar surface area (TPSA) is 12.0 Å². The van der Waals surface area contributed by atoms with Crippen LogP contribution < -0.4 is 5.32 Å². The maximum absolute atomic E-state index is 5.96. The number of piperidine rings is 1. The molecule has 0 amide bonds. The molecule has 0 unspecified atom stereocenters. The summed E-state index contributed by atoms with van der Waals surface area (Å²) in [6.45, 7) is 1.11. The summed E-state index contributed by atoms with van der Waals surface area (Å²) in [5, 5.41) is 4.71. The molecule has 1 radical (unpaired) electrons. The largest absolute Gasteiger partial charge is 0.313 e. The van der Waals surface area contributed by atoms with Crippen molar-refractivity contribution in [2.24, 2.45) is 0 Å². The van der Waals surface area contributed by atoms with Gasteiger partial charge >= 0.3 is 0 Å². The predicted molar refractivity (Wildman–Crippen MR) is 65.5 cm³/mol. The standard InChI is InChI=1S/C12H14Cl2N/c13-11-5-4-9(8-12(11)14)7-10-3-1-2-6-15-10/h4-5,7-8,10,15H,1-3,6H2/t10-/m1/s1. The summed E-state index contributed by atoms with van der Waals surface area (Å²) in [5.41, 5.74) is 1.14. The van der Waals surface area contributed by atoms with Crippen LogP contribution in [0.2, 0.25) is 10.0 Å². The van der Waals surface area contributed by atoms with Crippen LogP contribution in [0, 0.1) is 6.42 Å². The van der Waals surface area contributed by atoms with Crippen molar-refractivity contribution < 1.29 is 0 Å². The number of benzene rings is 1. The average Bonchev–Trinajstić information content (AvgIpc) is 2.25. The van der Waals surface area contributed by atoms with Gasteiger partial charge < -0.3 is 5.32 Å². The molecule has 0 saturated carbocycles. The molecule has 0 aromatic heterocycles. The quantitative estimate of drug-likeness (QED) is 0.835. The Morgan fingerprint density at radius 3 is 2.73 bits per heavy atom. The highest BCUT2D eigenvalue weighted by molar-refractivity contribution is 6.42. The third-order valence-corrected chi connectivity index (χ3v) is 3.42. The van der Waals surface area contributed by atoms with Gasteiger partial charge in [-0.1, -0.05) is 35.7 Å². The Bertz CT molecular complexity index is 332. The van der Waals surface area contributed by atoms with E-state index in [1.165, 1.54) is 19.3 Å². The third-order valence-electron chi connectivity index (χ3n) is 2.69. The summed E-state index contributed by atoms with van der Waals surface area (Å²) in [6, 6.07) is 6.25. The SMILES string of the molecule is Clc1ccc([CH][C@H]2CCCCN2)cc1Cl. The highest BCUT2D eigenvalue weighted by Gasteiger charge is 2.13. The summed E-state index contributed by atoms with van der Waals surface area (Å²) in [4.78, 5) is 0. The van der Waals surface area contributed by atoms with E-state index in [1.54, 1.807) is 0 Å². The maximum atomic E-state index is 5.96. The lowest BCUT2D eigenvalue weighted by Gasteiger charge is -2.23. The van der Waals surface area contributed by atoms with Crippen LogP contribution in [-0.4, -0.2) is 12.6 Å². The summed E-state index contributed by atoms with van der Waals surface area (Å²) in [5.74, 6) is 0. The molecule has 0 bridgehead atoms. The van der Waals surface area contributed by atoms with E-state index in [0.29, 0.717) is 16.1 Å². The molecular formula is C12H14Cl2N. The summed E-state index contributed by atoms with van der Waals surface area (Å²) < 4.78 is 0. The fourth-order valence-corrected chi connectivity index (χ4v) is 2.18. The Balaban J connectivity index is 2.00. The van der Waals surface area contributed by atoms with Crippen molar-refractivity contribution in [1.82, 2.24) is 5.32 Å². The molecule has 1 aliphatic heterocycles. The van der Waals surface area contributed by atoms with E-state index in [4.69, 9.17) is 23.2 Å². The molecule has 1 N–H and O–H groups in total. The second kappa shape index (κ2) is 5.20. The van der Waals surface area contributed by atoms with Crippen LogP contribution in [0.4, 0.5) is 0 Å². The van der Waals surface area contributed by atoms with Gasteiger partial charge in [0.05, 0.1) is 10.0 Å². The van der Waals surface area contributed by atoms with E-state index in [0.717, 1.165) is 12.1 Å². The molecule has 1 aromatic carbocycles. The van der Waals surface area contributed by atoms with E-state index >= 15 is 0 Å². The second-order valence-corrected chi connectivity index (χ2v) is 4.71. The first-order valence-corrected chi connectivity index (χ1v) is 6.04. The summed E-state index contributed by atoms with van der Waals surface area (Å²) in [7, 11) is 0. The lowest BCUT2D eigenvalue weighted by Crippen LogP contribution is -2.34. The molecule has 1 saturated heterocycles. The first kappa shape index (κ1) is 11.3. The number of halogens is 2. The van der Waals surface area contributed by atoms with Crippen molar-refractivity contribution in [3.8, 4) is 0 Å². The van der Waals surface area contributed by atoms with Gasteiger partial charge in [0.2, 0.25) is 0 Å². The van der Waals surface area contributed by atoms with Crippen LogP contribution in [0.3, 0.4) is 0 Å². The smallest absolute Gasteiger partial charge is 0.0595 e.